The third kappa shape index (κ3) is 2.27. The lowest BCUT2D eigenvalue weighted by Crippen LogP contribution is -2.69. The topological polar surface area (TPSA) is 158 Å². The average Bonchev–Trinajstić information content (AvgIpc) is 2.77. The Balaban J connectivity index is 1.73. The minimum Gasteiger partial charge on any atom is -0.394 e. The van der Waals surface area contributed by atoms with Crippen LogP contribution in [-0.4, -0.2) is 105 Å². The summed E-state index contributed by atoms with van der Waals surface area (Å²) in [4.78, 5) is 0. The van der Waals surface area contributed by atoms with Crippen LogP contribution in [0.2, 0.25) is 0 Å². The van der Waals surface area contributed by atoms with E-state index in [2.05, 4.69) is 0 Å². The highest BCUT2D eigenvalue weighted by molar-refractivity contribution is 5.02. The van der Waals surface area contributed by atoms with E-state index in [0.29, 0.717) is 0 Å². The maximum absolute atomic E-state index is 10.0. The van der Waals surface area contributed by atoms with Gasteiger partial charge in [-0.25, -0.2) is 0 Å². The molecule has 10 heteroatoms. The van der Waals surface area contributed by atoms with Gasteiger partial charge in [0.1, 0.15) is 49.8 Å². The van der Waals surface area contributed by atoms with Crippen LogP contribution >= 0.6 is 0 Å². The molecule has 128 valence electrons. The van der Waals surface area contributed by atoms with Crippen LogP contribution in [0.3, 0.4) is 0 Å². The summed E-state index contributed by atoms with van der Waals surface area (Å²) in [6.07, 6.45) is -8.14. The molecule has 4 unspecified atom stereocenters. The molecule has 0 saturated carbocycles. The zero-order valence-electron chi connectivity index (χ0n) is 11.6. The largest absolute Gasteiger partial charge is 0.394 e. The van der Waals surface area contributed by atoms with E-state index < -0.39 is 68.0 Å². The van der Waals surface area contributed by atoms with Crippen molar-refractivity contribution in [2.75, 3.05) is 26.4 Å². The molecule has 3 aliphatic rings. The van der Waals surface area contributed by atoms with Gasteiger partial charge in [0.05, 0.1) is 13.2 Å². The van der Waals surface area contributed by atoms with E-state index in [-0.39, 0.29) is 6.61 Å². The zero-order valence-corrected chi connectivity index (χ0v) is 11.6. The lowest BCUT2D eigenvalue weighted by atomic mass is 9.95. The molecule has 6 N–H and O–H groups in total. The third-order valence-electron chi connectivity index (χ3n) is 4.39. The highest BCUT2D eigenvalue weighted by Gasteiger charge is 2.62. The summed E-state index contributed by atoms with van der Waals surface area (Å²) >= 11 is 0. The smallest absolute Gasteiger partial charge is 0.222 e. The zero-order chi connectivity index (χ0) is 16.1. The first-order valence-electron chi connectivity index (χ1n) is 6.96. The summed E-state index contributed by atoms with van der Waals surface area (Å²) < 4.78 is 21.5. The Morgan fingerprint density at radius 3 is 1.95 bits per heavy atom. The molecule has 2 spiro atoms. The summed E-state index contributed by atoms with van der Waals surface area (Å²) in [6, 6.07) is 0. The second kappa shape index (κ2) is 5.60. The highest BCUT2D eigenvalue weighted by Crippen LogP contribution is 2.40. The average molecular weight is 324 g/mol. The van der Waals surface area contributed by atoms with Gasteiger partial charge in [0, 0.05) is 0 Å². The van der Waals surface area contributed by atoms with Crippen LogP contribution in [0.5, 0.6) is 0 Å². The van der Waals surface area contributed by atoms with E-state index in [0.717, 1.165) is 0 Å². The Hall–Kier alpha value is -0.400. The fourth-order valence-corrected chi connectivity index (χ4v) is 2.91. The van der Waals surface area contributed by atoms with E-state index in [1.807, 2.05) is 0 Å². The molecular formula is C12H20O10. The number of aliphatic hydroxyl groups is 6. The van der Waals surface area contributed by atoms with Crippen LogP contribution in [0.4, 0.5) is 0 Å². The van der Waals surface area contributed by atoms with Gasteiger partial charge in [0.2, 0.25) is 11.6 Å². The number of ether oxygens (including phenoxy) is 4. The summed E-state index contributed by atoms with van der Waals surface area (Å²) in [6.45, 7) is -1.58. The van der Waals surface area contributed by atoms with E-state index in [9.17, 15) is 25.5 Å². The first-order chi connectivity index (χ1) is 10.4. The minimum absolute atomic E-state index is 0.264. The first kappa shape index (κ1) is 16.5. The van der Waals surface area contributed by atoms with Crippen LogP contribution in [0.1, 0.15) is 0 Å². The van der Waals surface area contributed by atoms with E-state index in [1.54, 1.807) is 0 Å². The van der Waals surface area contributed by atoms with Crippen molar-refractivity contribution < 1.29 is 49.6 Å². The van der Waals surface area contributed by atoms with Gasteiger partial charge in [0.15, 0.2) is 0 Å². The Kier molecular flexibility index (Phi) is 4.19. The van der Waals surface area contributed by atoms with Gasteiger partial charge in [-0.3, -0.25) is 0 Å². The molecule has 0 bridgehead atoms. The summed E-state index contributed by atoms with van der Waals surface area (Å²) in [5, 5.41) is 58.1. The molecule has 3 saturated heterocycles. The van der Waals surface area contributed by atoms with Crippen molar-refractivity contribution in [1.29, 1.82) is 0 Å². The molecule has 0 amide bonds. The molecule has 3 heterocycles. The fourth-order valence-electron chi connectivity index (χ4n) is 2.91. The van der Waals surface area contributed by atoms with E-state index in [1.165, 1.54) is 0 Å². The van der Waals surface area contributed by atoms with Gasteiger partial charge in [-0.2, -0.15) is 0 Å². The van der Waals surface area contributed by atoms with Gasteiger partial charge in [-0.1, -0.05) is 0 Å². The standard InChI is InChI=1S/C12H20O10/c13-1-6-8(16)10(18)12(22-6)4-20-11(3-21-12)9(17)7(15)5(14)2-19-11/h5-10,13-18H,1-4H2/t5-,6-,7?,8?,9?,10?,11+,12-/m1/s1. The monoisotopic (exact) mass is 324 g/mol. The van der Waals surface area contributed by atoms with Crippen molar-refractivity contribution in [2.45, 2.75) is 48.2 Å². The van der Waals surface area contributed by atoms with Crippen LogP contribution in [0.15, 0.2) is 0 Å². The van der Waals surface area contributed by atoms with Crippen molar-refractivity contribution in [1.82, 2.24) is 0 Å². The molecule has 8 atom stereocenters. The Morgan fingerprint density at radius 1 is 0.818 bits per heavy atom. The second-order valence-corrected chi connectivity index (χ2v) is 5.79. The van der Waals surface area contributed by atoms with Crippen LogP contribution < -0.4 is 0 Å². The molecule has 0 radical (unpaired) electrons. The minimum atomic E-state index is -1.70. The Morgan fingerprint density at radius 2 is 1.41 bits per heavy atom. The van der Waals surface area contributed by atoms with Crippen LogP contribution in [-0.2, 0) is 18.9 Å². The van der Waals surface area contributed by atoms with Gasteiger partial charge < -0.3 is 49.6 Å². The lowest BCUT2D eigenvalue weighted by molar-refractivity contribution is -0.430. The fraction of sp³-hybridized carbons (Fsp3) is 1.00. The number of hydrogen-bond acceptors (Lipinski definition) is 10. The van der Waals surface area contributed by atoms with Gasteiger partial charge >= 0.3 is 0 Å². The normalized spacial score (nSPS) is 55.9. The first-order valence-corrected chi connectivity index (χ1v) is 6.96. The lowest BCUT2D eigenvalue weighted by Gasteiger charge is -2.50. The van der Waals surface area contributed by atoms with Crippen LogP contribution in [0.25, 0.3) is 0 Å². The van der Waals surface area contributed by atoms with Crippen molar-refractivity contribution in [3.8, 4) is 0 Å². The number of rotatable bonds is 1. The summed E-state index contributed by atoms with van der Waals surface area (Å²) in [5.74, 6) is -3.39. The van der Waals surface area contributed by atoms with Crippen molar-refractivity contribution in [3.63, 3.8) is 0 Å². The van der Waals surface area contributed by atoms with Crippen molar-refractivity contribution in [2.24, 2.45) is 0 Å². The second-order valence-electron chi connectivity index (χ2n) is 5.79. The molecule has 3 aliphatic heterocycles. The third-order valence-corrected chi connectivity index (χ3v) is 4.39. The molecular weight excluding hydrogens is 304 g/mol. The quantitative estimate of drug-likeness (QED) is 0.278. The molecule has 0 aromatic carbocycles. The molecule has 0 aliphatic carbocycles. The summed E-state index contributed by atoms with van der Waals surface area (Å²) in [5.41, 5.74) is 0. The van der Waals surface area contributed by atoms with E-state index in [4.69, 9.17) is 24.1 Å². The molecule has 0 aromatic rings. The maximum Gasteiger partial charge on any atom is 0.222 e. The maximum atomic E-state index is 10.0. The highest BCUT2D eigenvalue weighted by atomic mass is 16.8. The van der Waals surface area contributed by atoms with Gasteiger partial charge in [0.25, 0.3) is 0 Å². The van der Waals surface area contributed by atoms with Crippen LogP contribution in [0, 0.1) is 0 Å². The summed E-state index contributed by atoms with van der Waals surface area (Å²) in [7, 11) is 0. The Bertz CT molecular complexity index is 403. The van der Waals surface area contributed by atoms with Gasteiger partial charge in [-0.05, 0) is 0 Å². The van der Waals surface area contributed by atoms with Gasteiger partial charge in [-0.15, -0.1) is 0 Å². The van der Waals surface area contributed by atoms with Crippen molar-refractivity contribution in [3.05, 3.63) is 0 Å². The number of hydrogen-bond donors (Lipinski definition) is 6. The predicted octanol–water partition coefficient (Wildman–Crippen LogP) is -4.35. The van der Waals surface area contributed by atoms with E-state index >= 15 is 0 Å². The number of aliphatic hydroxyl groups excluding tert-OH is 6. The van der Waals surface area contributed by atoms with Crippen molar-refractivity contribution >= 4 is 0 Å². The molecule has 3 rings (SSSR count). The molecule has 22 heavy (non-hydrogen) atoms. The molecule has 3 fully saturated rings. The SMILES string of the molecule is OC[C@H]1O[C@]2(CO[C@]3(CO2)OC[C@@H](O)C(O)C3O)C(O)C1O. The molecule has 0 aromatic heterocycles. The predicted molar refractivity (Wildman–Crippen MR) is 65.3 cm³/mol. The Labute approximate surface area is 125 Å². The molecule has 10 nitrogen and oxygen atoms in total.